The van der Waals surface area contributed by atoms with E-state index in [4.69, 9.17) is 4.74 Å². The minimum absolute atomic E-state index is 0.136. The topological polar surface area (TPSA) is 39.1 Å². The number of rotatable bonds is 6. The van der Waals surface area contributed by atoms with E-state index in [1.807, 2.05) is 0 Å². The first-order chi connectivity index (χ1) is 7.95. The quantitative estimate of drug-likeness (QED) is 0.782. The Kier molecular flexibility index (Phi) is 4.95. The average Bonchev–Trinajstić information content (AvgIpc) is 2.72. The van der Waals surface area contributed by atoms with Crippen LogP contribution in [0.1, 0.15) is 18.7 Å². The van der Waals surface area contributed by atoms with Crippen molar-refractivity contribution in [2.75, 3.05) is 26.8 Å². The smallest absolute Gasteiger partial charge is 0.383 e. The van der Waals surface area contributed by atoms with Gasteiger partial charge in [0.25, 0.3) is 0 Å². The van der Waals surface area contributed by atoms with Gasteiger partial charge >= 0.3 is 6.18 Å². The van der Waals surface area contributed by atoms with Crippen LogP contribution in [0.4, 0.5) is 13.2 Å². The van der Waals surface area contributed by atoms with Gasteiger partial charge in [-0.05, 0) is 13.0 Å². The van der Waals surface area contributed by atoms with Gasteiger partial charge in [0.15, 0.2) is 5.69 Å². The molecule has 0 aliphatic rings. The summed E-state index contributed by atoms with van der Waals surface area (Å²) in [6.45, 7) is 3.57. The van der Waals surface area contributed by atoms with Crippen LogP contribution >= 0.6 is 0 Å². The minimum atomic E-state index is -4.38. The monoisotopic (exact) mass is 251 g/mol. The highest BCUT2D eigenvalue weighted by molar-refractivity contribution is 5.03. The fraction of sp³-hybridized carbons (Fsp3) is 0.700. The summed E-state index contributed by atoms with van der Waals surface area (Å²) in [5, 5.41) is 6.57. The van der Waals surface area contributed by atoms with Crippen molar-refractivity contribution in [3.63, 3.8) is 0 Å². The lowest BCUT2D eigenvalue weighted by Crippen LogP contribution is -2.27. The van der Waals surface area contributed by atoms with Crippen LogP contribution < -0.4 is 5.32 Å². The predicted molar refractivity (Wildman–Crippen MR) is 56.7 cm³/mol. The van der Waals surface area contributed by atoms with Crippen LogP contribution in [0.3, 0.4) is 0 Å². The molecule has 0 fully saturated rings. The lowest BCUT2D eigenvalue weighted by Gasteiger charge is -2.13. The highest BCUT2D eigenvalue weighted by Gasteiger charge is 2.33. The zero-order chi connectivity index (χ0) is 12.9. The zero-order valence-electron chi connectivity index (χ0n) is 9.79. The van der Waals surface area contributed by atoms with E-state index in [0.717, 1.165) is 6.07 Å². The highest BCUT2D eigenvalue weighted by atomic mass is 19.4. The van der Waals surface area contributed by atoms with Gasteiger partial charge < -0.3 is 10.1 Å². The number of methoxy groups -OCH3 is 1. The summed E-state index contributed by atoms with van der Waals surface area (Å²) < 4.78 is 43.1. The molecule has 0 aliphatic carbocycles. The normalized spacial score (nSPS) is 13.9. The molecule has 1 unspecified atom stereocenters. The number of halogens is 3. The lowest BCUT2D eigenvalue weighted by atomic mass is 10.3. The van der Waals surface area contributed by atoms with Gasteiger partial charge in [-0.25, -0.2) is 0 Å². The maximum Gasteiger partial charge on any atom is 0.435 e. The van der Waals surface area contributed by atoms with Crippen LogP contribution in [-0.2, 0) is 10.9 Å². The molecular formula is C10H16F3N3O. The number of ether oxygens (including phenoxy) is 1. The van der Waals surface area contributed by atoms with E-state index < -0.39 is 11.9 Å². The van der Waals surface area contributed by atoms with E-state index in [-0.39, 0.29) is 6.04 Å². The number of hydrogen-bond acceptors (Lipinski definition) is 3. The van der Waals surface area contributed by atoms with Crippen molar-refractivity contribution >= 4 is 0 Å². The Hall–Kier alpha value is -1.08. The van der Waals surface area contributed by atoms with Crippen molar-refractivity contribution in [3.05, 3.63) is 18.0 Å². The Labute approximate surface area is 97.8 Å². The first-order valence-corrected chi connectivity index (χ1v) is 5.27. The van der Waals surface area contributed by atoms with Crippen molar-refractivity contribution in [3.8, 4) is 0 Å². The van der Waals surface area contributed by atoms with Crippen LogP contribution in [-0.4, -0.2) is 36.6 Å². The van der Waals surface area contributed by atoms with E-state index in [2.05, 4.69) is 10.4 Å². The molecule has 0 amide bonds. The third-order valence-electron chi connectivity index (χ3n) is 2.27. The second kappa shape index (κ2) is 6.02. The van der Waals surface area contributed by atoms with E-state index in [9.17, 15) is 13.2 Å². The molecule has 98 valence electrons. The first kappa shape index (κ1) is 14.0. The third kappa shape index (κ3) is 4.35. The third-order valence-corrected chi connectivity index (χ3v) is 2.27. The molecule has 1 aromatic rings. The molecule has 0 bridgehead atoms. The molecule has 1 heterocycles. The maximum absolute atomic E-state index is 12.3. The van der Waals surface area contributed by atoms with Crippen molar-refractivity contribution < 1.29 is 17.9 Å². The van der Waals surface area contributed by atoms with E-state index in [0.29, 0.717) is 19.7 Å². The van der Waals surface area contributed by atoms with Crippen LogP contribution in [0.15, 0.2) is 12.3 Å². The second-order valence-corrected chi connectivity index (χ2v) is 3.72. The molecular weight excluding hydrogens is 235 g/mol. The molecule has 0 saturated heterocycles. The Morgan fingerprint density at radius 2 is 2.24 bits per heavy atom. The van der Waals surface area contributed by atoms with Gasteiger partial charge in [-0.2, -0.15) is 18.3 Å². The molecule has 1 atom stereocenters. The van der Waals surface area contributed by atoms with Crippen molar-refractivity contribution in [1.29, 1.82) is 0 Å². The van der Waals surface area contributed by atoms with Crippen LogP contribution in [0.2, 0.25) is 0 Å². The zero-order valence-corrected chi connectivity index (χ0v) is 9.79. The lowest BCUT2D eigenvalue weighted by molar-refractivity contribution is -0.141. The number of aromatic nitrogens is 2. The fourth-order valence-electron chi connectivity index (χ4n) is 1.31. The van der Waals surface area contributed by atoms with Gasteiger partial charge in [0.2, 0.25) is 0 Å². The van der Waals surface area contributed by atoms with Gasteiger partial charge in [0.05, 0.1) is 12.6 Å². The number of alkyl halides is 3. The molecule has 0 radical (unpaired) electrons. The summed E-state index contributed by atoms with van der Waals surface area (Å²) in [6.07, 6.45) is -3.04. The standard InChI is InChI=1S/C10H16F3N3O/c1-8(7-14-4-6-17-2)16-5-3-9(15-16)10(11,12)13/h3,5,8,14H,4,6-7H2,1-2H3. The molecule has 7 heteroatoms. The van der Waals surface area contributed by atoms with Crippen molar-refractivity contribution in [2.24, 2.45) is 0 Å². The van der Waals surface area contributed by atoms with E-state index in [1.165, 1.54) is 10.9 Å². The van der Waals surface area contributed by atoms with Crippen LogP contribution in [0.25, 0.3) is 0 Å². The van der Waals surface area contributed by atoms with Gasteiger partial charge in [0, 0.05) is 26.4 Å². The number of nitrogens with zero attached hydrogens (tertiary/aromatic N) is 2. The van der Waals surface area contributed by atoms with E-state index in [1.54, 1.807) is 14.0 Å². The molecule has 17 heavy (non-hydrogen) atoms. The molecule has 0 aliphatic heterocycles. The molecule has 1 N–H and O–H groups in total. The molecule has 4 nitrogen and oxygen atoms in total. The molecule has 0 spiro atoms. The number of nitrogens with one attached hydrogen (secondary N) is 1. The Bertz CT molecular complexity index is 338. The summed E-state index contributed by atoms with van der Waals surface area (Å²) in [7, 11) is 1.59. The van der Waals surface area contributed by atoms with Crippen LogP contribution in [0, 0.1) is 0 Å². The largest absolute Gasteiger partial charge is 0.435 e. The molecule has 0 saturated carbocycles. The Morgan fingerprint density at radius 1 is 1.53 bits per heavy atom. The van der Waals surface area contributed by atoms with Crippen molar-refractivity contribution in [2.45, 2.75) is 19.1 Å². The van der Waals surface area contributed by atoms with Gasteiger partial charge in [-0.15, -0.1) is 0 Å². The summed E-state index contributed by atoms with van der Waals surface area (Å²) >= 11 is 0. The predicted octanol–water partition coefficient (Wildman–Crippen LogP) is 1.70. The summed E-state index contributed by atoms with van der Waals surface area (Å²) in [4.78, 5) is 0. The second-order valence-electron chi connectivity index (χ2n) is 3.72. The molecule has 1 rings (SSSR count). The highest BCUT2D eigenvalue weighted by Crippen LogP contribution is 2.27. The molecule has 0 aromatic carbocycles. The van der Waals surface area contributed by atoms with Gasteiger partial charge in [0.1, 0.15) is 0 Å². The maximum atomic E-state index is 12.3. The Morgan fingerprint density at radius 3 is 2.76 bits per heavy atom. The van der Waals surface area contributed by atoms with Gasteiger partial charge in [-0.3, -0.25) is 4.68 Å². The average molecular weight is 251 g/mol. The SMILES string of the molecule is COCCNCC(C)n1ccc(C(F)(F)F)n1. The minimum Gasteiger partial charge on any atom is -0.383 e. The van der Waals surface area contributed by atoms with Crippen LogP contribution in [0.5, 0.6) is 0 Å². The van der Waals surface area contributed by atoms with Gasteiger partial charge in [-0.1, -0.05) is 0 Å². The summed E-state index contributed by atoms with van der Waals surface area (Å²) in [6, 6.07) is 0.842. The molecule has 1 aromatic heterocycles. The fourth-order valence-corrected chi connectivity index (χ4v) is 1.31. The van der Waals surface area contributed by atoms with Crippen molar-refractivity contribution in [1.82, 2.24) is 15.1 Å². The Balaban J connectivity index is 2.47. The summed E-state index contributed by atoms with van der Waals surface area (Å²) in [5.74, 6) is 0. The number of hydrogen-bond donors (Lipinski definition) is 1. The summed E-state index contributed by atoms with van der Waals surface area (Å²) in [5.41, 5.74) is -0.860. The van der Waals surface area contributed by atoms with E-state index >= 15 is 0 Å². The first-order valence-electron chi connectivity index (χ1n) is 5.27.